The maximum absolute atomic E-state index is 12.2. The van der Waals surface area contributed by atoms with Gasteiger partial charge in [0.15, 0.2) is 26.9 Å². The maximum Gasteiger partial charge on any atom is 0.228 e. The van der Waals surface area contributed by atoms with Gasteiger partial charge in [0, 0.05) is 12.1 Å². The minimum atomic E-state index is -3.34. The first-order valence-corrected chi connectivity index (χ1v) is 11.8. The van der Waals surface area contributed by atoms with Gasteiger partial charge in [0.25, 0.3) is 0 Å². The summed E-state index contributed by atoms with van der Waals surface area (Å²) in [4.78, 5) is 16.5. The molecule has 0 aliphatic heterocycles. The van der Waals surface area contributed by atoms with Gasteiger partial charge in [-0.1, -0.05) is 6.92 Å². The number of pyridine rings is 1. The average molecular weight is 444 g/mol. The first-order valence-electron chi connectivity index (χ1n) is 9.35. The number of nitrogens with zero attached hydrogens (tertiary/aromatic N) is 6. The monoisotopic (exact) mass is 443 g/mol. The molecule has 154 valence electrons. The van der Waals surface area contributed by atoms with Crippen molar-refractivity contribution in [3.8, 4) is 0 Å². The van der Waals surface area contributed by atoms with Crippen molar-refractivity contribution in [1.29, 1.82) is 0 Å². The third-order valence-electron chi connectivity index (χ3n) is 4.77. The van der Waals surface area contributed by atoms with Gasteiger partial charge in [0.05, 0.1) is 16.8 Å². The molecule has 0 spiro atoms. The van der Waals surface area contributed by atoms with Gasteiger partial charge >= 0.3 is 0 Å². The van der Waals surface area contributed by atoms with Gasteiger partial charge in [0.1, 0.15) is 5.03 Å². The summed E-state index contributed by atoms with van der Waals surface area (Å²) in [5.74, 6) is 0.558. The third-order valence-corrected chi connectivity index (χ3v) is 7.38. The number of amides is 1. The van der Waals surface area contributed by atoms with E-state index in [1.807, 2.05) is 0 Å². The van der Waals surface area contributed by atoms with Gasteiger partial charge in [-0.2, -0.15) is 5.10 Å². The summed E-state index contributed by atoms with van der Waals surface area (Å²) >= 11 is 1.25. The van der Waals surface area contributed by atoms with Crippen LogP contribution < -0.4 is 5.32 Å². The molecule has 1 aliphatic carbocycles. The van der Waals surface area contributed by atoms with E-state index in [1.54, 1.807) is 40.2 Å². The van der Waals surface area contributed by atoms with Crippen LogP contribution in [0.1, 0.15) is 19.8 Å². The zero-order valence-electron chi connectivity index (χ0n) is 15.9. The molecule has 1 N–H and O–H groups in total. The normalized spacial score (nSPS) is 14.4. The van der Waals surface area contributed by atoms with Gasteiger partial charge in [-0.3, -0.25) is 9.20 Å². The smallest absolute Gasteiger partial charge is 0.228 e. The van der Waals surface area contributed by atoms with Gasteiger partial charge in [-0.25, -0.2) is 17.9 Å². The minimum absolute atomic E-state index is 0.0132. The molecule has 0 atom stereocenters. The van der Waals surface area contributed by atoms with Crippen molar-refractivity contribution in [1.82, 2.24) is 29.2 Å². The number of nitrogens with one attached hydrogen (secondary N) is 1. The van der Waals surface area contributed by atoms with E-state index in [-0.39, 0.29) is 22.5 Å². The summed E-state index contributed by atoms with van der Waals surface area (Å²) in [6.07, 6.45) is 5.03. The van der Waals surface area contributed by atoms with E-state index in [0.717, 1.165) is 12.8 Å². The predicted octanol–water partition coefficient (Wildman–Crippen LogP) is 2.07. The van der Waals surface area contributed by atoms with Gasteiger partial charge < -0.3 is 5.32 Å². The molecule has 1 fully saturated rings. The van der Waals surface area contributed by atoms with Crippen molar-refractivity contribution >= 4 is 44.6 Å². The molecule has 1 saturated carbocycles. The number of aromatic nitrogens is 6. The molecular weight excluding hydrogens is 426 g/mol. The van der Waals surface area contributed by atoms with Crippen LogP contribution in [0.4, 0.5) is 5.82 Å². The molecule has 1 aliphatic rings. The highest BCUT2D eigenvalue weighted by atomic mass is 32.2. The lowest BCUT2D eigenvalue weighted by atomic mass is 10.4. The Morgan fingerprint density at radius 1 is 1.17 bits per heavy atom. The van der Waals surface area contributed by atoms with Crippen LogP contribution in [0.25, 0.3) is 11.3 Å². The topological polar surface area (TPSA) is 124 Å². The molecule has 12 heteroatoms. The number of fused-ring (bicyclic) bond motifs is 2. The third kappa shape index (κ3) is 3.52. The summed E-state index contributed by atoms with van der Waals surface area (Å²) in [6, 6.07) is 6.73. The number of carbonyl (C=O) groups is 1. The fourth-order valence-corrected chi connectivity index (χ4v) is 4.57. The van der Waals surface area contributed by atoms with Crippen molar-refractivity contribution < 1.29 is 13.2 Å². The first kappa shape index (κ1) is 19.0. The molecule has 4 heterocycles. The molecule has 4 aromatic heterocycles. The largest absolute Gasteiger partial charge is 0.309 e. The van der Waals surface area contributed by atoms with Crippen LogP contribution in [0.3, 0.4) is 0 Å². The van der Waals surface area contributed by atoms with E-state index < -0.39 is 9.84 Å². The summed E-state index contributed by atoms with van der Waals surface area (Å²) in [5, 5.41) is 16.7. The first-order chi connectivity index (χ1) is 14.4. The lowest BCUT2D eigenvalue weighted by Gasteiger charge is -2.04. The Labute approximate surface area is 175 Å². The highest BCUT2D eigenvalue weighted by Gasteiger charge is 2.30. The van der Waals surface area contributed by atoms with Gasteiger partial charge in [-0.15, -0.1) is 10.2 Å². The molecule has 0 aromatic carbocycles. The average Bonchev–Trinajstić information content (AvgIpc) is 3.41. The van der Waals surface area contributed by atoms with E-state index in [2.05, 4.69) is 25.6 Å². The fourth-order valence-electron chi connectivity index (χ4n) is 2.92. The van der Waals surface area contributed by atoms with E-state index in [0.29, 0.717) is 27.3 Å². The van der Waals surface area contributed by atoms with E-state index in [9.17, 15) is 13.2 Å². The number of carbonyl (C=O) groups excluding carboxylic acids is 1. The fraction of sp³-hybridized carbons (Fsp3) is 0.278. The Balaban J connectivity index is 1.44. The number of anilines is 1. The van der Waals surface area contributed by atoms with E-state index in [1.165, 1.54) is 24.0 Å². The summed E-state index contributed by atoms with van der Waals surface area (Å²) in [5.41, 5.74) is 1.15. The van der Waals surface area contributed by atoms with Crippen LogP contribution in [-0.4, -0.2) is 49.3 Å². The highest BCUT2D eigenvalue weighted by Crippen LogP contribution is 2.30. The lowest BCUT2D eigenvalue weighted by Crippen LogP contribution is -2.13. The quantitative estimate of drug-likeness (QED) is 0.480. The molecule has 5 rings (SSSR count). The highest BCUT2D eigenvalue weighted by molar-refractivity contribution is 7.99. The zero-order chi connectivity index (χ0) is 20.9. The number of hydrogen-bond donors (Lipinski definition) is 1. The summed E-state index contributed by atoms with van der Waals surface area (Å²) in [6.45, 7) is 1.60. The molecule has 4 aromatic rings. The minimum Gasteiger partial charge on any atom is -0.309 e. The maximum atomic E-state index is 12.2. The van der Waals surface area contributed by atoms with Gasteiger partial charge in [-0.05, 0) is 48.9 Å². The van der Waals surface area contributed by atoms with Crippen molar-refractivity contribution in [3.05, 3.63) is 36.7 Å². The molecule has 0 saturated heterocycles. The van der Waals surface area contributed by atoms with E-state index in [4.69, 9.17) is 0 Å². The molecule has 1 amide bonds. The molecule has 0 bridgehead atoms. The number of hydrogen-bond acceptors (Lipinski definition) is 8. The van der Waals surface area contributed by atoms with Crippen LogP contribution in [0, 0.1) is 5.92 Å². The van der Waals surface area contributed by atoms with Crippen LogP contribution in [0.5, 0.6) is 0 Å². The Kier molecular flexibility index (Phi) is 4.47. The van der Waals surface area contributed by atoms with Crippen molar-refractivity contribution in [2.24, 2.45) is 5.92 Å². The standard InChI is InChI=1S/C18H17N7O3S2/c1-2-30(27,28)12-5-6-15-21-22-18(24(15)9-12)29-16-8-7-14-19-13(10-25(14)23-16)20-17(26)11-3-4-11/h5-11H,2-4H2,1H3,(H,20,26). The zero-order valence-corrected chi connectivity index (χ0v) is 17.5. The molecule has 10 nitrogen and oxygen atoms in total. The van der Waals surface area contributed by atoms with Crippen molar-refractivity contribution in [2.45, 2.75) is 34.8 Å². The number of sulfone groups is 1. The van der Waals surface area contributed by atoms with Crippen molar-refractivity contribution in [2.75, 3.05) is 11.1 Å². The number of imidazole rings is 1. The van der Waals surface area contributed by atoms with Crippen LogP contribution >= 0.6 is 11.8 Å². The molecule has 0 radical (unpaired) electrons. The predicted molar refractivity (Wildman–Crippen MR) is 109 cm³/mol. The Hall–Kier alpha value is -2.99. The second-order valence-corrected chi connectivity index (χ2v) is 10.2. The van der Waals surface area contributed by atoms with Crippen LogP contribution in [0.15, 0.2) is 51.7 Å². The summed E-state index contributed by atoms with van der Waals surface area (Å²) in [7, 11) is -3.34. The second kappa shape index (κ2) is 7.06. The van der Waals surface area contributed by atoms with Crippen LogP contribution in [-0.2, 0) is 14.6 Å². The van der Waals surface area contributed by atoms with E-state index >= 15 is 0 Å². The van der Waals surface area contributed by atoms with Crippen LogP contribution in [0.2, 0.25) is 0 Å². The van der Waals surface area contributed by atoms with Gasteiger partial charge in [0.2, 0.25) is 11.1 Å². The Morgan fingerprint density at radius 3 is 2.73 bits per heavy atom. The SMILES string of the molecule is CCS(=O)(=O)c1ccc2nnc(Sc3ccc4nc(NC(=O)C5CC5)cn4n3)n2c1. The Bertz CT molecular complexity index is 1390. The summed E-state index contributed by atoms with van der Waals surface area (Å²) < 4.78 is 27.6. The number of rotatable bonds is 6. The molecule has 30 heavy (non-hydrogen) atoms. The second-order valence-electron chi connectivity index (χ2n) is 6.95. The molecular formula is C18H17N7O3S2. The lowest BCUT2D eigenvalue weighted by molar-refractivity contribution is -0.117. The Morgan fingerprint density at radius 2 is 1.97 bits per heavy atom. The van der Waals surface area contributed by atoms with Crippen molar-refractivity contribution in [3.63, 3.8) is 0 Å². The molecule has 0 unspecified atom stereocenters.